The molecule has 1 heterocycles. The highest BCUT2D eigenvalue weighted by Crippen LogP contribution is 2.22. The van der Waals surface area contributed by atoms with Gasteiger partial charge in [-0.15, -0.1) is 0 Å². The standard InChI is InChI=1S/C22H31N3O5S/c1-3-30-20(27)13-19(31)17(12-16-9-10-23-21(16)28)25-22(29)18(24-14(2)26)11-15-7-5-4-6-8-15/h4-8,16-19,31H,3,9-13H2,1-2H3,(H,23,28)(H,24,26)(H,25,29)/t16-,17-,18-,19-/m0/s1. The summed E-state index contributed by atoms with van der Waals surface area (Å²) in [5.41, 5.74) is 0.900. The van der Waals surface area contributed by atoms with Gasteiger partial charge in [0.1, 0.15) is 6.04 Å². The zero-order valence-electron chi connectivity index (χ0n) is 17.9. The highest BCUT2D eigenvalue weighted by atomic mass is 32.1. The molecule has 0 unspecified atom stereocenters. The van der Waals surface area contributed by atoms with E-state index in [1.165, 1.54) is 6.92 Å². The number of hydrogen-bond acceptors (Lipinski definition) is 6. The minimum atomic E-state index is -0.789. The van der Waals surface area contributed by atoms with Crippen molar-refractivity contribution in [1.82, 2.24) is 16.0 Å². The van der Waals surface area contributed by atoms with Gasteiger partial charge in [0.15, 0.2) is 0 Å². The SMILES string of the molecule is CCOC(=O)C[C@H](S)[C@H](C[C@@H]1CCNC1=O)NC(=O)[C@H](Cc1ccccc1)NC(C)=O. The minimum absolute atomic E-state index is 0.000272. The van der Waals surface area contributed by atoms with Crippen molar-refractivity contribution >= 4 is 36.3 Å². The van der Waals surface area contributed by atoms with Crippen LogP contribution in [0.5, 0.6) is 0 Å². The summed E-state index contributed by atoms with van der Waals surface area (Å²) in [4.78, 5) is 48.8. The predicted octanol–water partition coefficient (Wildman–Crippen LogP) is 0.996. The number of esters is 1. The Morgan fingerprint density at radius 3 is 2.52 bits per heavy atom. The van der Waals surface area contributed by atoms with Crippen LogP contribution in [0, 0.1) is 5.92 Å². The molecule has 9 heteroatoms. The van der Waals surface area contributed by atoms with E-state index in [2.05, 4.69) is 28.6 Å². The molecular weight excluding hydrogens is 418 g/mol. The fraction of sp³-hybridized carbons (Fsp3) is 0.545. The third kappa shape index (κ3) is 8.24. The molecule has 1 aliphatic heterocycles. The molecule has 1 saturated heterocycles. The number of carbonyl (C=O) groups is 4. The van der Waals surface area contributed by atoms with Crippen molar-refractivity contribution in [2.75, 3.05) is 13.2 Å². The topological polar surface area (TPSA) is 114 Å². The lowest BCUT2D eigenvalue weighted by Gasteiger charge is -2.28. The van der Waals surface area contributed by atoms with Gasteiger partial charge in [-0.25, -0.2) is 0 Å². The summed E-state index contributed by atoms with van der Waals surface area (Å²) >= 11 is 4.54. The predicted molar refractivity (Wildman–Crippen MR) is 119 cm³/mol. The van der Waals surface area contributed by atoms with E-state index in [9.17, 15) is 19.2 Å². The van der Waals surface area contributed by atoms with Crippen molar-refractivity contribution in [1.29, 1.82) is 0 Å². The van der Waals surface area contributed by atoms with E-state index in [-0.39, 0.29) is 36.7 Å². The number of ether oxygens (including phenoxy) is 1. The summed E-state index contributed by atoms with van der Waals surface area (Å²) in [5.74, 6) is -1.46. The summed E-state index contributed by atoms with van der Waals surface area (Å²) in [6.07, 6.45) is 1.32. The monoisotopic (exact) mass is 449 g/mol. The van der Waals surface area contributed by atoms with Crippen LogP contribution in [0.4, 0.5) is 0 Å². The smallest absolute Gasteiger partial charge is 0.306 e. The van der Waals surface area contributed by atoms with E-state index in [0.29, 0.717) is 25.8 Å². The molecule has 4 atom stereocenters. The second-order valence-corrected chi connectivity index (χ2v) is 8.31. The Bertz CT molecular complexity index is 774. The van der Waals surface area contributed by atoms with Crippen LogP contribution in [0.15, 0.2) is 30.3 Å². The van der Waals surface area contributed by atoms with E-state index in [0.717, 1.165) is 5.56 Å². The van der Waals surface area contributed by atoms with Crippen LogP contribution in [-0.4, -0.2) is 54.2 Å². The zero-order chi connectivity index (χ0) is 22.8. The summed E-state index contributed by atoms with van der Waals surface area (Å²) in [6, 6.07) is 8.03. The van der Waals surface area contributed by atoms with Crippen molar-refractivity contribution in [2.45, 2.75) is 56.9 Å². The van der Waals surface area contributed by atoms with Gasteiger partial charge in [0.05, 0.1) is 13.0 Å². The largest absolute Gasteiger partial charge is 0.466 e. The Balaban J connectivity index is 2.13. The molecule has 0 bridgehead atoms. The highest BCUT2D eigenvalue weighted by molar-refractivity contribution is 7.81. The maximum Gasteiger partial charge on any atom is 0.306 e. The quantitative estimate of drug-likeness (QED) is 0.297. The summed E-state index contributed by atoms with van der Waals surface area (Å²) in [5, 5.41) is 7.86. The fourth-order valence-corrected chi connectivity index (χ4v) is 3.95. The molecule has 0 radical (unpaired) electrons. The molecule has 31 heavy (non-hydrogen) atoms. The lowest BCUT2D eigenvalue weighted by molar-refractivity contribution is -0.143. The second-order valence-electron chi connectivity index (χ2n) is 7.65. The first-order valence-corrected chi connectivity index (χ1v) is 11.0. The molecule has 1 fully saturated rings. The van der Waals surface area contributed by atoms with Gasteiger partial charge in [0.2, 0.25) is 17.7 Å². The van der Waals surface area contributed by atoms with Crippen molar-refractivity contribution in [3.05, 3.63) is 35.9 Å². The normalized spacial score (nSPS) is 18.4. The number of benzene rings is 1. The number of amides is 3. The average Bonchev–Trinajstić information content (AvgIpc) is 3.12. The van der Waals surface area contributed by atoms with Crippen molar-refractivity contribution < 1.29 is 23.9 Å². The Hall–Kier alpha value is -2.55. The molecule has 1 aromatic carbocycles. The first kappa shape index (κ1) is 24.7. The number of thiol groups is 1. The number of nitrogens with one attached hydrogen (secondary N) is 3. The average molecular weight is 450 g/mol. The van der Waals surface area contributed by atoms with Crippen LogP contribution in [0.3, 0.4) is 0 Å². The van der Waals surface area contributed by atoms with Gasteiger partial charge in [-0.2, -0.15) is 12.6 Å². The molecule has 170 valence electrons. The lowest BCUT2D eigenvalue weighted by Crippen LogP contribution is -2.53. The van der Waals surface area contributed by atoms with Crippen LogP contribution in [0.2, 0.25) is 0 Å². The maximum atomic E-state index is 13.1. The summed E-state index contributed by atoms with van der Waals surface area (Å²) < 4.78 is 5.00. The molecule has 3 N–H and O–H groups in total. The first-order valence-electron chi connectivity index (χ1n) is 10.5. The molecular formula is C22H31N3O5S. The molecule has 0 spiro atoms. The molecule has 0 saturated carbocycles. The van der Waals surface area contributed by atoms with Crippen molar-refractivity contribution in [2.24, 2.45) is 5.92 Å². The van der Waals surface area contributed by atoms with Crippen LogP contribution >= 0.6 is 12.6 Å². The molecule has 0 aromatic heterocycles. The second kappa shape index (κ2) is 12.3. The van der Waals surface area contributed by atoms with Gasteiger partial charge >= 0.3 is 5.97 Å². The van der Waals surface area contributed by atoms with Gasteiger partial charge in [0, 0.05) is 37.1 Å². The maximum absolute atomic E-state index is 13.1. The summed E-state index contributed by atoms with van der Waals surface area (Å²) in [7, 11) is 0. The fourth-order valence-electron chi connectivity index (χ4n) is 3.61. The van der Waals surface area contributed by atoms with Gasteiger partial charge in [-0.3, -0.25) is 19.2 Å². The van der Waals surface area contributed by atoms with E-state index in [4.69, 9.17) is 4.74 Å². The first-order chi connectivity index (χ1) is 14.8. The third-order valence-electron chi connectivity index (χ3n) is 5.15. The van der Waals surface area contributed by atoms with Crippen LogP contribution in [0.25, 0.3) is 0 Å². The lowest BCUT2D eigenvalue weighted by atomic mass is 9.94. The molecule has 2 rings (SSSR count). The Morgan fingerprint density at radius 1 is 1.23 bits per heavy atom. The van der Waals surface area contributed by atoms with E-state index >= 15 is 0 Å². The number of carbonyl (C=O) groups excluding carboxylic acids is 4. The van der Waals surface area contributed by atoms with E-state index in [1.807, 2.05) is 30.3 Å². The molecule has 8 nitrogen and oxygen atoms in total. The van der Waals surface area contributed by atoms with E-state index in [1.54, 1.807) is 6.92 Å². The van der Waals surface area contributed by atoms with Crippen molar-refractivity contribution in [3.63, 3.8) is 0 Å². The van der Waals surface area contributed by atoms with E-state index < -0.39 is 23.3 Å². The Morgan fingerprint density at radius 2 is 1.94 bits per heavy atom. The van der Waals surface area contributed by atoms with Crippen LogP contribution in [0.1, 0.15) is 38.7 Å². The van der Waals surface area contributed by atoms with Crippen molar-refractivity contribution in [3.8, 4) is 0 Å². The molecule has 0 aliphatic carbocycles. The third-order valence-corrected chi connectivity index (χ3v) is 5.69. The Kier molecular flexibility index (Phi) is 9.84. The number of rotatable bonds is 11. The van der Waals surface area contributed by atoms with Crippen LogP contribution in [-0.2, 0) is 30.3 Å². The minimum Gasteiger partial charge on any atom is -0.466 e. The summed E-state index contributed by atoms with van der Waals surface area (Å²) in [6.45, 7) is 3.91. The number of hydrogen-bond donors (Lipinski definition) is 4. The molecule has 1 aliphatic rings. The van der Waals surface area contributed by atoms with Crippen LogP contribution < -0.4 is 16.0 Å². The molecule has 1 aromatic rings. The Labute approximate surface area is 188 Å². The van der Waals surface area contributed by atoms with Gasteiger partial charge in [-0.05, 0) is 25.3 Å². The highest BCUT2D eigenvalue weighted by Gasteiger charge is 2.33. The van der Waals surface area contributed by atoms with Gasteiger partial charge in [-0.1, -0.05) is 30.3 Å². The van der Waals surface area contributed by atoms with Gasteiger partial charge < -0.3 is 20.7 Å². The van der Waals surface area contributed by atoms with Gasteiger partial charge in [0.25, 0.3) is 0 Å². The zero-order valence-corrected chi connectivity index (χ0v) is 18.8. The molecule has 3 amide bonds.